The highest BCUT2D eigenvalue weighted by Crippen LogP contribution is 2.38. The number of piperidine rings is 1. The molecule has 27 heavy (non-hydrogen) atoms. The van der Waals surface area contributed by atoms with Gasteiger partial charge in [0, 0.05) is 18.8 Å². The van der Waals surface area contributed by atoms with E-state index in [-0.39, 0.29) is 48.6 Å². The molecule has 2 aliphatic heterocycles. The molecular formula is C19H23N5O3. The fraction of sp³-hybridized carbons (Fsp3) is 0.579. The van der Waals surface area contributed by atoms with Crippen LogP contribution in [0, 0.1) is 17.2 Å². The summed E-state index contributed by atoms with van der Waals surface area (Å²) < 4.78 is 5.79. The molecule has 3 fully saturated rings. The minimum Gasteiger partial charge on any atom is -0.367 e. The average molecular weight is 369 g/mol. The van der Waals surface area contributed by atoms with Gasteiger partial charge in [-0.05, 0) is 43.7 Å². The van der Waals surface area contributed by atoms with Gasteiger partial charge in [0.15, 0.2) is 0 Å². The number of ether oxygens (including phenoxy) is 1. The molecule has 8 nitrogen and oxygen atoms in total. The quantitative estimate of drug-likeness (QED) is 0.790. The standard InChI is InChI=1S/C19H23N5O3/c20-10-13-4-3-7-24(13)19(26)18-12-8-14(22-18)15(9-12)27-11-17(25)23-16-5-1-2-6-21-16/h1-2,5-6,12-15,18,22H,3-4,7-9,11H2,(H,21,23,25)/t12-,13-,14+,15+,18-/m0/s1. The van der Waals surface area contributed by atoms with Gasteiger partial charge in [-0.3, -0.25) is 9.59 Å². The molecule has 0 unspecified atom stereocenters. The van der Waals surface area contributed by atoms with Gasteiger partial charge < -0.3 is 20.3 Å². The van der Waals surface area contributed by atoms with Crippen molar-refractivity contribution in [2.75, 3.05) is 18.5 Å². The Balaban J connectivity index is 1.26. The number of aromatic nitrogens is 1. The smallest absolute Gasteiger partial charge is 0.251 e. The first-order valence-corrected chi connectivity index (χ1v) is 9.44. The summed E-state index contributed by atoms with van der Waals surface area (Å²) in [5.41, 5.74) is 0. The lowest BCUT2D eigenvalue weighted by atomic mass is 9.97. The molecule has 3 heterocycles. The number of carbonyl (C=O) groups excluding carboxylic acids is 2. The van der Waals surface area contributed by atoms with Gasteiger partial charge in [-0.1, -0.05) is 6.07 Å². The van der Waals surface area contributed by atoms with Crippen molar-refractivity contribution in [2.45, 2.75) is 49.9 Å². The minimum atomic E-state index is -0.291. The predicted molar refractivity (Wildman–Crippen MR) is 96.4 cm³/mol. The molecule has 4 rings (SSSR count). The maximum atomic E-state index is 12.8. The second-order valence-corrected chi connectivity index (χ2v) is 7.41. The zero-order valence-electron chi connectivity index (χ0n) is 15.0. The topological polar surface area (TPSA) is 107 Å². The third-order valence-electron chi connectivity index (χ3n) is 5.72. The van der Waals surface area contributed by atoms with Crippen LogP contribution in [0.15, 0.2) is 24.4 Å². The van der Waals surface area contributed by atoms with E-state index in [1.54, 1.807) is 29.3 Å². The number of pyridine rings is 1. The van der Waals surface area contributed by atoms with Crippen LogP contribution in [0.4, 0.5) is 5.82 Å². The van der Waals surface area contributed by atoms with E-state index in [0.717, 1.165) is 25.7 Å². The molecule has 8 heteroatoms. The molecule has 5 atom stereocenters. The number of nitrogens with one attached hydrogen (secondary N) is 2. The summed E-state index contributed by atoms with van der Waals surface area (Å²) in [5.74, 6) is 0.503. The molecule has 142 valence electrons. The van der Waals surface area contributed by atoms with E-state index >= 15 is 0 Å². The fourth-order valence-electron chi connectivity index (χ4n) is 4.45. The van der Waals surface area contributed by atoms with Crippen LogP contribution in [0.5, 0.6) is 0 Å². The lowest BCUT2D eigenvalue weighted by molar-refractivity contribution is -0.135. The summed E-state index contributed by atoms with van der Waals surface area (Å²) in [7, 11) is 0. The second-order valence-electron chi connectivity index (χ2n) is 7.41. The van der Waals surface area contributed by atoms with Gasteiger partial charge in [-0.25, -0.2) is 4.98 Å². The maximum Gasteiger partial charge on any atom is 0.251 e. The van der Waals surface area contributed by atoms with Gasteiger partial charge in [0.1, 0.15) is 18.5 Å². The summed E-state index contributed by atoms with van der Waals surface area (Å²) in [4.78, 5) is 30.6. The van der Waals surface area contributed by atoms with Crippen LogP contribution in [-0.4, -0.2) is 59.1 Å². The molecule has 1 aromatic heterocycles. The van der Waals surface area contributed by atoms with Gasteiger partial charge >= 0.3 is 0 Å². The van der Waals surface area contributed by atoms with E-state index in [1.807, 2.05) is 0 Å². The third-order valence-corrected chi connectivity index (χ3v) is 5.72. The molecule has 1 saturated carbocycles. The Bertz CT molecular complexity index is 749. The van der Waals surface area contributed by atoms with Crippen molar-refractivity contribution in [1.29, 1.82) is 5.26 Å². The highest BCUT2D eigenvalue weighted by Gasteiger charge is 2.50. The largest absolute Gasteiger partial charge is 0.367 e. The van der Waals surface area contributed by atoms with E-state index < -0.39 is 0 Å². The highest BCUT2D eigenvalue weighted by molar-refractivity contribution is 5.90. The monoisotopic (exact) mass is 369 g/mol. The minimum absolute atomic E-state index is 0.0343. The predicted octanol–water partition coefficient (Wildman–Crippen LogP) is 0.670. The summed E-state index contributed by atoms with van der Waals surface area (Å²) in [6.07, 6.45) is 4.83. The van der Waals surface area contributed by atoms with Gasteiger partial charge in [0.05, 0.1) is 18.2 Å². The summed E-state index contributed by atoms with van der Waals surface area (Å²) in [6.45, 7) is 0.633. The van der Waals surface area contributed by atoms with E-state index in [1.165, 1.54) is 0 Å². The number of nitriles is 1. The first-order chi connectivity index (χ1) is 13.2. The Morgan fingerprint density at radius 1 is 1.41 bits per heavy atom. The van der Waals surface area contributed by atoms with Gasteiger partial charge in [0.25, 0.3) is 5.91 Å². The van der Waals surface area contributed by atoms with Crippen LogP contribution in [0.3, 0.4) is 0 Å². The Morgan fingerprint density at radius 2 is 2.30 bits per heavy atom. The zero-order valence-corrected chi connectivity index (χ0v) is 15.0. The van der Waals surface area contributed by atoms with E-state index in [2.05, 4.69) is 21.7 Å². The first kappa shape index (κ1) is 17.9. The number of anilines is 1. The second kappa shape index (κ2) is 7.62. The Hall–Kier alpha value is -2.50. The van der Waals surface area contributed by atoms with Gasteiger partial charge in [-0.15, -0.1) is 0 Å². The van der Waals surface area contributed by atoms with Gasteiger partial charge in [-0.2, -0.15) is 5.26 Å². The van der Waals surface area contributed by atoms with E-state index in [0.29, 0.717) is 12.4 Å². The van der Waals surface area contributed by atoms with Crippen molar-refractivity contribution < 1.29 is 14.3 Å². The number of nitrogens with zero attached hydrogens (tertiary/aromatic N) is 3. The molecule has 0 radical (unpaired) electrons. The lowest BCUT2D eigenvalue weighted by Gasteiger charge is -2.32. The number of fused-ring (bicyclic) bond motifs is 2. The molecular weight excluding hydrogens is 346 g/mol. The number of likely N-dealkylation sites (tertiary alicyclic amines) is 1. The first-order valence-electron chi connectivity index (χ1n) is 9.44. The molecule has 3 aliphatic rings. The number of hydrogen-bond acceptors (Lipinski definition) is 6. The molecule has 2 bridgehead atoms. The Morgan fingerprint density at radius 3 is 3.00 bits per heavy atom. The van der Waals surface area contributed by atoms with Crippen LogP contribution >= 0.6 is 0 Å². The molecule has 0 spiro atoms. The van der Waals surface area contributed by atoms with Crippen molar-refractivity contribution in [3.8, 4) is 6.07 Å². The molecule has 1 aromatic rings. The van der Waals surface area contributed by atoms with Crippen molar-refractivity contribution in [1.82, 2.24) is 15.2 Å². The third kappa shape index (κ3) is 3.66. The number of rotatable bonds is 5. The number of amides is 2. The van der Waals surface area contributed by atoms with Crippen molar-refractivity contribution in [2.24, 2.45) is 5.92 Å². The number of carbonyl (C=O) groups is 2. The van der Waals surface area contributed by atoms with Crippen LogP contribution in [-0.2, 0) is 14.3 Å². The Labute approximate surface area is 157 Å². The molecule has 2 N–H and O–H groups in total. The normalized spacial score (nSPS) is 31.7. The van der Waals surface area contributed by atoms with Crippen molar-refractivity contribution >= 4 is 17.6 Å². The SMILES string of the molecule is N#C[C@@H]1CCCN1C(=O)[C@H]1N[C@@H]2C[C@H]1C[C@H]2OCC(=O)Nc1ccccn1. The molecule has 1 aliphatic carbocycles. The van der Waals surface area contributed by atoms with Crippen LogP contribution in [0.2, 0.25) is 0 Å². The van der Waals surface area contributed by atoms with E-state index in [4.69, 9.17) is 4.74 Å². The molecule has 0 aromatic carbocycles. The zero-order chi connectivity index (χ0) is 18.8. The summed E-state index contributed by atoms with van der Waals surface area (Å²) >= 11 is 0. The fourth-order valence-corrected chi connectivity index (χ4v) is 4.45. The summed E-state index contributed by atoms with van der Waals surface area (Å²) in [6, 6.07) is 7.09. The van der Waals surface area contributed by atoms with Crippen molar-refractivity contribution in [3.05, 3.63) is 24.4 Å². The van der Waals surface area contributed by atoms with Crippen LogP contribution < -0.4 is 10.6 Å². The van der Waals surface area contributed by atoms with E-state index in [9.17, 15) is 14.9 Å². The van der Waals surface area contributed by atoms with Crippen molar-refractivity contribution in [3.63, 3.8) is 0 Å². The molecule has 2 amide bonds. The lowest BCUT2D eigenvalue weighted by Crippen LogP contribution is -2.54. The summed E-state index contributed by atoms with van der Waals surface area (Å²) in [5, 5.41) is 15.3. The average Bonchev–Trinajstić information content (AvgIpc) is 3.41. The number of hydrogen-bond donors (Lipinski definition) is 2. The highest BCUT2D eigenvalue weighted by atomic mass is 16.5. The maximum absolute atomic E-state index is 12.8. The van der Waals surface area contributed by atoms with Crippen LogP contribution in [0.1, 0.15) is 25.7 Å². The Kier molecular flexibility index (Phi) is 5.05. The molecule has 2 saturated heterocycles. The van der Waals surface area contributed by atoms with Gasteiger partial charge in [0.2, 0.25) is 5.91 Å². The van der Waals surface area contributed by atoms with Crippen LogP contribution in [0.25, 0.3) is 0 Å².